The molecule has 1 atom stereocenters. The zero-order valence-corrected chi connectivity index (χ0v) is 8.58. The Morgan fingerprint density at radius 3 is 3.07 bits per heavy atom. The summed E-state index contributed by atoms with van der Waals surface area (Å²) in [6, 6.07) is 0. The summed E-state index contributed by atoms with van der Waals surface area (Å²) in [5, 5.41) is 0. The second kappa shape index (κ2) is 4.99. The lowest BCUT2D eigenvalue weighted by atomic mass is 9.93. The number of allylic oxidation sites excluding steroid dienone is 8. The minimum atomic E-state index is 0.608. The highest BCUT2D eigenvalue weighted by molar-refractivity contribution is 5.19. The average molecular weight is 185 g/mol. The first kappa shape index (κ1) is 9.51. The monoisotopic (exact) mass is 185 g/mol. The lowest BCUT2D eigenvalue weighted by Crippen LogP contribution is -1.99. The first-order chi connectivity index (χ1) is 6.97. The Labute approximate surface area is 86.7 Å². The standard InChI is InChI=1S/C14H17/c1-2-6-10-13(9-5-1)14-11-7-3-4-8-12-14/h1,3,5-7,10,13H,2,4,8-9,11H2. The van der Waals surface area contributed by atoms with Crippen LogP contribution in [0.15, 0.2) is 42.0 Å². The quantitative estimate of drug-likeness (QED) is 0.542. The van der Waals surface area contributed by atoms with Crippen molar-refractivity contribution in [3.05, 3.63) is 48.1 Å². The van der Waals surface area contributed by atoms with Gasteiger partial charge in [-0.1, -0.05) is 42.0 Å². The van der Waals surface area contributed by atoms with Crippen molar-refractivity contribution in [2.45, 2.75) is 32.1 Å². The van der Waals surface area contributed by atoms with Gasteiger partial charge in [0.15, 0.2) is 0 Å². The molecule has 0 spiro atoms. The molecule has 0 aromatic rings. The molecule has 0 N–H and O–H groups in total. The number of hydrogen-bond acceptors (Lipinski definition) is 0. The normalized spacial score (nSPS) is 26.9. The summed E-state index contributed by atoms with van der Waals surface area (Å²) in [7, 11) is 0. The van der Waals surface area contributed by atoms with Crippen LogP contribution < -0.4 is 0 Å². The van der Waals surface area contributed by atoms with Gasteiger partial charge < -0.3 is 0 Å². The van der Waals surface area contributed by atoms with Crippen LogP contribution in [-0.2, 0) is 0 Å². The molecule has 0 amide bonds. The lowest BCUT2D eigenvalue weighted by molar-refractivity contribution is 0.746. The van der Waals surface area contributed by atoms with Crippen molar-refractivity contribution in [3.63, 3.8) is 0 Å². The van der Waals surface area contributed by atoms with E-state index in [1.807, 2.05) is 0 Å². The van der Waals surface area contributed by atoms with Crippen LogP contribution >= 0.6 is 0 Å². The molecular formula is C14H17. The van der Waals surface area contributed by atoms with E-state index >= 15 is 0 Å². The van der Waals surface area contributed by atoms with Gasteiger partial charge >= 0.3 is 0 Å². The Morgan fingerprint density at radius 1 is 1.07 bits per heavy atom. The SMILES string of the molecule is [C]1=C(C2C=CCC=CC2)CC=CCC1. The van der Waals surface area contributed by atoms with E-state index in [1.54, 1.807) is 0 Å². The molecule has 2 aliphatic carbocycles. The fourth-order valence-corrected chi connectivity index (χ4v) is 2.00. The van der Waals surface area contributed by atoms with Gasteiger partial charge in [0, 0.05) is 5.92 Å². The van der Waals surface area contributed by atoms with E-state index in [0.717, 1.165) is 32.1 Å². The third-order valence-corrected chi connectivity index (χ3v) is 2.81. The van der Waals surface area contributed by atoms with Gasteiger partial charge in [0.1, 0.15) is 0 Å². The largest absolute Gasteiger partial charge is 0.0879 e. The van der Waals surface area contributed by atoms with Gasteiger partial charge in [-0.25, -0.2) is 0 Å². The van der Waals surface area contributed by atoms with Crippen LogP contribution in [0.25, 0.3) is 0 Å². The first-order valence-corrected chi connectivity index (χ1v) is 5.53. The van der Waals surface area contributed by atoms with Gasteiger partial charge in [-0.15, -0.1) is 0 Å². The van der Waals surface area contributed by atoms with Gasteiger partial charge in [-0.2, -0.15) is 0 Å². The predicted molar refractivity (Wildman–Crippen MR) is 60.8 cm³/mol. The van der Waals surface area contributed by atoms with Crippen molar-refractivity contribution in [2.75, 3.05) is 0 Å². The number of hydrogen-bond donors (Lipinski definition) is 0. The van der Waals surface area contributed by atoms with E-state index in [1.165, 1.54) is 5.57 Å². The third-order valence-electron chi connectivity index (χ3n) is 2.81. The first-order valence-electron chi connectivity index (χ1n) is 5.53. The molecule has 0 heteroatoms. The van der Waals surface area contributed by atoms with Crippen LogP contribution in [-0.4, -0.2) is 0 Å². The Balaban J connectivity index is 2.08. The predicted octanol–water partition coefficient (Wildman–Crippen LogP) is 3.98. The maximum absolute atomic E-state index is 3.55. The third kappa shape index (κ3) is 2.47. The maximum Gasteiger partial charge on any atom is 0.00204 e. The van der Waals surface area contributed by atoms with Gasteiger partial charge in [0.05, 0.1) is 0 Å². The molecule has 1 radical (unpaired) electrons. The Morgan fingerprint density at radius 2 is 2.07 bits per heavy atom. The molecule has 0 aromatic carbocycles. The molecule has 0 fully saturated rings. The maximum atomic E-state index is 3.55. The molecule has 0 aliphatic heterocycles. The van der Waals surface area contributed by atoms with Crippen LogP contribution in [0.2, 0.25) is 0 Å². The van der Waals surface area contributed by atoms with Crippen LogP contribution in [0.1, 0.15) is 32.1 Å². The van der Waals surface area contributed by atoms with Crippen molar-refractivity contribution >= 4 is 0 Å². The minimum absolute atomic E-state index is 0.608. The second-order valence-corrected chi connectivity index (χ2v) is 3.89. The summed E-state index contributed by atoms with van der Waals surface area (Å²) >= 11 is 0. The van der Waals surface area contributed by atoms with E-state index in [-0.39, 0.29) is 0 Å². The van der Waals surface area contributed by atoms with E-state index in [0.29, 0.717) is 5.92 Å². The van der Waals surface area contributed by atoms with E-state index < -0.39 is 0 Å². The van der Waals surface area contributed by atoms with Crippen molar-refractivity contribution in [3.8, 4) is 0 Å². The second-order valence-electron chi connectivity index (χ2n) is 3.89. The van der Waals surface area contributed by atoms with Crippen molar-refractivity contribution < 1.29 is 0 Å². The highest BCUT2D eigenvalue weighted by atomic mass is 14.1. The van der Waals surface area contributed by atoms with Gasteiger partial charge in [-0.05, 0) is 38.2 Å². The summed E-state index contributed by atoms with van der Waals surface area (Å²) in [5.41, 5.74) is 1.49. The van der Waals surface area contributed by atoms with Crippen LogP contribution in [0.5, 0.6) is 0 Å². The van der Waals surface area contributed by atoms with Gasteiger partial charge in [0.2, 0.25) is 0 Å². The highest BCUT2D eigenvalue weighted by Gasteiger charge is 2.10. The minimum Gasteiger partial charge on any atom is -0.0879 e. The molecule has 0 nitrogen and oxygen atoms in total. The topological polar surface area (TPSA) is 0 Å². The lowest BCUT2D eigenvalue weighted by Gasteiger charge is -2.12. The molecule has 0 saturated heterocycles. The fourth-order valence-electron chi connectivity index (χ4n) is 2.00. The van der Waals surface area contributed by atoms with Crippen molar-refractivity contribution in [2.24, 2.45) is 5.92 Å². The van der Waals surface area contributed by atoms with Crippen LogP contribution in [0.3, 0.4) is 0 Å². The Hall–Kier alpha value is -1.04. The average Bonchev–Trinajstić information content (AvgIpc) is 2.62. The van der Waals surface area contributed by atoms with Gasteiger partial charge in [0.25, 0.3) is 0 Å². The fraction of sp³-hybridized carbons (Fsp3) is 0.429. The zero-order valence-electron chi connectivity index (χ0n) is 8.58. The summed E-state index contributed by atoms with van der Waals surface area (Å²) in [4.78, 5) is 0. The summed E-state index contributed by atoms with van der Waals surface area (Å²) in [6.45, 7) is 0. The highest BCUT2D eigenvalue weighted by Crippen LogP contribution is 2.25. The molecule has 0 saturated carbocycles. The molecule has 14 heavy (non-hydrogen) atoms. The molecule has 73 valence electrons. The molecule has 0 aromatic heterocycles. The Bertz CT molecular complexity index is 289. The molecular weight excluding hydrogens is 168 g/mol. The molecule has 0 bridgehead atoms. The molecule has 0 heterocycles. The summed E-state index contributed by atoms with van der Waals surface area (Å²) < 4.78 is 0. The van der Waals surface area contributed by atoms with Crippen LogP contribution in [0, 0.1) is 12.0 Å². The Kier molecular flexibility index (Phi) is 3.39. The summed E-state index contributed by atoms with van der Waals surface area (Å²) in [5.74, 6) is 0.608. The van der Waals surface area contributed by atoms with E-state index in [4.69, 9.17) is 0 Å². The zero-order chi connectivity index (χ0) is 9.64. The summed E-state index contributed by atoms with van der Waals surface area (Å²) in [6.07, 6.45) is 22.9. The van der Waals surface area contributed by atoms with Crippen molar-refractivity contribution in [1.29, 1.82) is 0 Å². The molecule has 2 aliphatic rings. The van der Waals surface area contributed by atoms with Gasteiger partial charge in [-0.3, -0.25) is 0 Å². The van der Waals surface area contributed by atoms with E-state index in [2.05, 4.69) is 42.5 Å². The van der Waals surface area contributed by atoms with E-state index in [9.17, 15) is 0 Å². The molecule has 1 unspecified atom stereocenters. The van der Waals surface area contributed by atoms with Crippen molar-refractivity contribution in [1.82, 2.24) is 0 Å². The molecule has 2 rings (SSSR count). The number of rotatable bonds is 1. The van der Waals surface area contributed by atoms with Crippen LogP contribution in [0.4, 0.5) is 0 Å². The smallest absolute Gasteiger partial charge is 0.00204 e.